The van der Waals surface area contributed by atoms with Crippen LogP contribution in [0.25, 0.3) is 6.08 Å². The lowest BCUT2D eigenvalue weighted by Crippen LogP contribution is -2.30. The Morgan fingerprint density at radius 1 is 1.19 bits per heavy atom. The molecule has 142 valence electrons. The number of amides is 1. The van der Waals surface area contributed by atoms with Crippen LogP contribution < -0.4 is 0 Å². The van der Waals surface area contributed by atoms with Crippen molar-refractivity contribution in [3.63, 3.8) is 0 Å². The fourth-order valence-electron chi connectivity index (χ4n) is 3.22. The number of thiocarbonyl (C=S) groups is 1. The van der Waals surface area contributed by atoms with E-state index < -0.39 is 0 Å². The van der Waals surface area contributed by atoms with Gasteiger partial charge < -0.3 is 9.30 Å². The van der Waals surface area contributed by atoms with Gasteiger partial charge in [-0.2, -0.15) is 0 Å². The van der Waals surface area contributed by atoms with E-state index in [1.807, 2.05) is 24.3 Å². The number of rotatable bonds is 7. The van der Waals surface area contributed by atoms with Gasteiger partial charge in [0, 0.05) is 31.6 Å². The Bertz CT molecular complexity index is 872. The number of carbonyl (C=O) groups excluding carboxylic acids is 1. The predicted molar refractivity (Wildman–Crippen MR) is 116 cm³/mol. The highest BCUT2D eigenvalue weighted by Gasteiger charge is 2.31. The summed E-state index contributed by atoms with van der Waals surface area (Å²) < 4.78 is 8.04. The Morgan fingerprint density at radius 3 is 2.63 bits per heavy atom. The molecule has 1 aromatic heterocycles. The van der Waals surface area contributed by atoms with Gasteiger partial charge in [-0.05, 0) is 43.5 Å². The molecule has 0 N–H and O–H groups in total. The van der Waals surface area contributed by atoms with Crippen LogP contribution in [-0.2, 0) is 22.5 Å². The van der Waals surface area contributed by atoms with Gasteiger partial charge in [0.2, 0.25) is 0 Å². The number of methoxy groups -OCH3 is 1. The summed E-state index contributed by atoms with van der Waals surface area (Å²) in [6, 6.07) is 12.3. The first-order chi connectivity index (χ1) is 13.0. The Morgan fingerprint density at radius 2 is 1.93 bits per heavy atom. The number of benzene rings is 1. The SMILES string of the molecule is COCCn1c(C)cc(/C=C2\SC(=S)N(CCc3ccccc3)C2=O)c1C. The van der Waals surface area contributed by atoms with Crippen molar-refractivity contribution >= 4 is 40.3 Å². The molecular formula is C21H24N2O2S2. The number of ether oxygens (including phenoxy) is 1. The summed E-state index contributed by atoms with van der Waals surface area (Å²) in [4.78, 5) is 15.2. The van der Waals surface area contributed by atoms with E-state index in [4.69, 9.17) is 17.0 Å². The van der Waals surface area contributed by atoms with Crippen LogP contribution in [0.4, 0.5) is 0 Å². The van der Waals surface area contributed by atoms with Gasteiger partial charge in [0.1, 0.15) is 4.32 Å². The van der Waals surface area contributed by atoms with E-state index in [0.717, 1.165) is 29.9 Å². The summed E-state index contributed by atoms with van der Waals surface area (Å²) in [5, 5.41) is 0. The lowest BCUT2D eigenvalue weighted by molar-refractivity contribution is -0.122. The molecule has 1 aliphatic rings. The third-order valence-corrected chi connectivity index (χ3v) is 6.14. The Labute approximate surface area is 170 Å². The van der Waals surface area contributed by atoms with Gasteiger partial charge >= 0.3 is 0 Å². The summed E-state index contributed by atoms with van der Waals surface area (Å²) in [5.74, 6) is 0.00243. The van der Waals surface area contributed by atoms with Crippen LogP contribution in [0.1, 0.15) is 22.5 Å². The number of carbonyl (C=O) groups is 1. The third kappa shape index (κ3) is 4.51. The first-order valence-electron chi connectivity index (χ1n) is 8.96. The highest BCUT2D eigenvalue weighted by molar-refractivity contribution is 8.26. The number of hydrogen-bond donors (Lipinski definition) is 0. The molecule has 0 radical (unpaired) electrons. The van der Waals surface area contributed by atoms with Gasteiger partial charge in [0.15, 0.2) is 0 Å². The van der Waals surface area contributed by atoms with Crippen molar-refractivity contribution in [1.82, 2.24) is 9.47 Å². The van der Waals surface area contributed by atoms with E-state index in [9.17, 15) is 4.79 Å². The summed E-state index contributed by atoms with van der Waals surface area (Å²) in [5.41, 5.74) is 4.57. The van der Waals surface area contributed by atoms with E-state index in [-0.39, 0.29) is 5.91 Å². The van der Waals surface area contributed by atoms with Crippen molar-refractivity contribution in [3.05, 3.63) is 63.8 Å². The van der Waals surface area contributed by atoms with Gasteiger partial charge in [-0.3, -0.25) is 9.69 Å². The smallest absolute Gasteiger partial charge is 0.266 e. The largest absolute Gasteiger partial charge is 0.383 e. The van der Waals surface area contributed by atoms with E-state index in [0.29, 0.717) is 22.4 Å². The molecule has 2 heterocycles. The summed E-state index contributed by atoms with van der Waals surface area (Å²) in [6.07, 6.45) is 2.76. The average molecular weight is 401 g/mol. The van der Waals surface area contributed by atoms with E-state index in [2.05, 4.69) is 36.6 Å². The number of aromatic nitrogens is 1. The van der Waals surface area contributed by atoms with E-state index in [1.165, 1.54) is 17.3 Å². The first-order valence-corrected chi connectivity index (χ1v) is 10.2. The maximum absolute atomic E-state index is 12.8. The number of thioether (sulfide) groups is 1. The van der Waals surface area contributed by atoms with Crippen LogP contribution >= 0.6 is 24.0 Å². The molecule has 0 atom stereocenters. The van der Waals surface area contributed by atoms with Crippen LogP contribution in [0.15, 0.2) is 41.3 Å². The fourth-order valence-corrected chi connectivity index (χ4v) is 4.52. The van der Waals surface area contributed by atoms with Crippen LogP contribution in [0.5, 0.6) is 0 Å². The Kier molecular flexibility index (Phi) is 6.52. The highest BCUT2D eigenvalue weighted by atomic mass is 32.2. The second-order valence-corrected chi connectivity index (χ2v) is 8.22. The minimum absolute atomic E-state index is 0.00243. The molecular weight excluding hydrogens is 376 g/mol. The van der Waals surface area contributed by atoms with Crippen molar-refractivity contribution in [2.75, 3.05) is 20.3 Å². The van der Waals surface area contributed by atoms with Gasteiger partial charge in [-0.1, -0.05) is 54.3 Å². The molecule has 3 rings (SSSR count). The normalized spacial score (nSPS) is 16.0. The van der Waals surface area contributed by atoms with Gasteiger partial charge in [-0.25, -0.2) is 0 Å². The highest BCUT2D eigenvalue weighted by Crippen LogP contribution is 2.33. The lowest BCUT2D eigenvalue weighted by atomic mass is 10.1. The number of nitrogens with zero attached hydrogens (tertiary/aromatic N) is 2. The molecule has 1 aliphatic heterocycles. The predicted octanol–water partition coefficient (Wildman–Crippen LogP) is 4.20. The third-order valence-electron chi connectivity index (χ3n) is 4.76. The van der Waals surface area contributed by atoms with Gasteiger partial charge in [0.25, 0.3) is 5.91 Å². The molecule has 6 heteroatoms. The summed E-state index contributed by atoms with van der Waals surface area (Å²) in [6.45, 7) is 6.23. The van der Waals surface area contributed by atoms with Crippen molar-refractivity contribution in [3.8, 4) is 0 Å². The molecule has 1 aromatic carbocycles. The minimum Gasteiger partial charge on any atom is -0.383 e. The van der Waals surface area contributed by atoms with Crippen molar-refractivity contribution in [2.45, 2.75) is 26.8 Å². The molecule has 2 aromatic rings. The molecule has 27 heavy (non-hydrogen) atoms. The van der Waals surface area contributed by atoms with Crippen LogP contribution in [0, 0.1) is 13.8 Å². The van der Waals surface area contributed by atoms with E-state index >= 15 is 0 Å². The second-order valence-electron chi connectivity index (χ2n) is 6.54. The Balaban J connectivity index is 1.74. The molecule has 1 saturated heterocycles. The lowest BCUT2D eigenvalue weighted by Gasteiger charge is -2.14. The van der Waals surface area contributed by atoms with Crippen LogP contribution in [-0.4, -0.2) is 40.0 Å². The first kappa shape index (κ1) is 19.9. The van der Waals surface area contributed by atoms with Gasteiger partial charge in [0.05, 0.1) is 11.5 Å². The quantitative estimate of drug-likeness (QED) is 0.515. The van der Waals surface area contributed by atoms with Crippen molar-refractivity contribution in [1.29, 1.82) is 0 Å². The summed E-state index contributed by atoms with van der Waals surface area (Å²) in [7, 11) is 1.70. The molecule has 1 fully saturated rings. The molecule has 0 unspecified atom stereocenters. The monoisotopic (exact) mass is 400 g/mol. The molecule has 0 aliphatic carbocycles. The fraction of sp³-hybridized carbons (Fsp3) is 0.333. The molecule has 4 nitrogen and oxygen atoms in total. The Hall–Kier alpha value is -1.89. The van der Waals surface area contributed by atoms with Crippen molar-refractivity contribution in [2.24, 2.45) is 0 Å². The zero-order valence-electron chi connectivity index (χ0n) is 15.9. The van der Waals surface area contributed by atoms with Crippen molar-refractivity contribution < 1.29 is 9.53 Å². The minimum atomic E-state index is 0.00243. The standard InChI is InChI=1S/C21H24N2O2S2/c1-15-13-18(16(2)22(15)11-12-25-3)14-19-20(24)23(21(26)27-19)10-9-17-7-5-4-6-8-17/h4-8,13-14H,9-12H2,1-3H3/b19-14-. The zero-order chi connectivity index (χ0) is 19.4. The van der Waals surface area contributed by atoms with Crippen LogP contribution in [0.3, 0.4) is 0 Å². The second kappa shape index (κ2) is 8.87. The maximum atomic E-state index is 12.8. The maximum Gasteiger partial charge on any atom is 0.266 e. The van der Waals surface area contributed by atoms with E-state index in [1.54, 1.807) is 12.0 Å². The summed E-state index contributed by atoms with van der Waals surface area (Å²) >= 11 is 6.84. The van der Waals surface area contributed by atoms with Gasteiger partial charge in [-0.15, -0.1) is 0 Å². The molecule has 0 saturated carbocycles. The number of hydrogen-bond acceptors (Lipinski definition) is 4. The average Bonchev–Trinajstić information content (AvgIpc) is 3.08. The molecule has 1 amide bonds. The molecule has 0 bridgehead atoms. The van der Waals surface area contributed by atoms with Crippen LogP contribution in [0.2, 0.25) is 0 Å². The molecule has 0 spiro atoms. The number of aryl methyl sites for hydroxylation is 1. The topological polar surface area (TPSA) is 34.5 Å². The zero-order valence-corrected chi connectivity index (χ0v) is 17.5.